The van der Waals surface area contributed by atoms with E-state index in [2.05, 4.69) is 43.9 Å². The van der Waals surface area contributed by atoms with Crippen molar-refractivity contribution >= 4 is 93.5 Å². The number of likely N-dealkylation sites (tertiary alicyclic amines) is 1. The van der Waals surface area contributed by atoms with Gasteiger partial charge < -0.3 is 65.2 Å². The Morgan fingerprint density at radius 3 is 1.72 bits per heavy atom. The number of halogens is 1. The van der Waals surface area contributed by atoms with Crippen LogP contribution in [0.5, 0.6) is 5.75 Å². The van der Waals surface area contributed by atoms with E-state index in [1.54, 1.807) is 48.2 Å². The van der Waals surface area contributed by atoms with Gasteiger partial charge in [-0.15, -0.1) is 0 Å². The van der Waals surface area contributed by atoms with E-state index in [0.29, 0.717) is 54.8 Å². The summed E-state index contributed by atoms with van der Waals surface area (Å²) in [5, 5.41) is 11.5. The number of piperidine rings is 1. The van der Waals surface area contributed by atoms with Crippen molar-refractivity contribution in [1.82, 2.24) is 60.5 Å². The van der Waals surface area contributed by atoms with E-state index in [-0.39, 0.29) is 43.9 Å². The van der Waals surface area contributed by atoms with Gasteiger partial charge in [-0.1, -0.05) is 102 Å². The highest BCUT2D eigenvalue weighted by Crippen LogP contribution is 2.25. The molecule has 4 N–H and O–H groups in total. The minimum Gasteiger partial charge on any atom is -0.497 e. The third kappa shape index (κ3) is 22.9. The third-order valence-corrected chi connectivity index (χ3v) is 19.7. The predicted octanol–water partition coefficient (Wildman–Crippen LogP) is 4.22. The van der Waals surface area contributed by atoms with Crippen LogP contribution in [0.3, 0.4) is 0 Å². The zero-order valence-electron chi connectivity index (χ0n) is 61.1. The summed E-state index contributed by atoms with van der Waals surface area (Å²) < 4.78 is 6.24. The predicted molar refractivity (Wildman–Crippen MR) is 385 cm³/mol. The summed E-state index contributed by atoms with van der Waals surface area (Å²) in [5.41, 5.74) is 1.09. The number of benzene rings is 3. The molecule has 0 aliphatic carbocycles. The quantitative estimate of drug-likeness (QED) is 0.165. The lowest BCUT2D eigenvalue weighted by molar-refractivity contribution is -0.152. The average molecular weight is 1490 g/mol. The van der Waals surface area contributed by atoms with Gasteiger partial charge in [0.05, 0.1) is 33.2 Å². The summed E-state index contributed by atoms with van der Waals surface area (Å²) in [6.07, 6.45) is 2.07. The van der Waals surface area contributed by atoms with E-state index in [0.717, 1.165) is 30.3 Å². The van der Waals surface area contributed by atoms with Crippen LogP contribution in [-0.4, -0.2) is 247 Å². The fourth-order valence-corrected chi connectivity index (χ4v) is 12.6. The molecule has 2 saturated heterocycles. The summed E-state index contributed by atoms with van der Waals surface area (Å²) in [6, 6.07) is 12.3. The smallest absolute Gasteiger partial charge is 0.246 e. The molecule has 0 bridgehead atoms. The van der Waals surface area contributed by atoms with Crippen molar-refractivity contribution in [2.24, 2.45) is 17.8 Å². The summed E-state index contributed by atoms with van der Waals surface area (Å²) in [6.45, 7) is 15.0. The Kier molecular flexibility index (Phi) is 30.7. The molecule has 2 fully saturated rings. The van der Waals surface area contributed by atoms with Crippen LogP contribution in [0.25, 0.3) is 0 Å². The molecular weight excluding hydrogens is 1380 g/mol. The van der Waals surface area contributed by atoms with Gasteiger partial charge in [-0.05, 0) is 134 Å². The highest BCUT2D eigenvalue weighted by molar-refractivity contribution is 14.1. The lowest BCUT2D eigenvalue weighted by Crippen LogP contribution is -2.64. The van der Waals surface area contributed by atoms with Crippen molar-refractivity contribution in [3.63, 3.8) is 0 Å². The van der Waals surface area contributed by atoms with E-state index in [1.165, 1.54) is 89.9 Å². The van der Waals surface area contributed by atoms with Crippen molar-refractivity contribution in [1.29, 1.82) is 0 Å². The molecule has 12 amide bonds. The molecule has 1 unspecified atom stereocenters. The fourth-order valence-electron chi connectivity index (χ4n) is 12.0. The van der Waals surface area contributed by atoms with Crippen molar-refractivity contribution in [3.05, 3.63) is 98.6 Å². The molecule has 25 nitrogen and oxygen atoms in total. The van der Waals surface area contributed by atoms with Gasteiger partial charge in [-0.3, -0.25) is 57.5 Å². The minimum atomic E-state index is -1.76. The lowest BCUT2D eigenvalue weighted by Gasteiger charge is -2.39. The number of methoxy groups -OCH3 is 1. The number of nitrogens with one attached hydrogen (secondary N) is 4. The second kappa shape index (κ2) is 37.3. The van der Waals surface area contributed by atoms with E-state index in [1.807, 2.05) is 77.9 Å². The summed E-state index contributed by atoms with van der Waals surface area (Å²) in [4.78, 5) is 188. The van der Waals surface area contributed by atoms with E-state index < -0.39 is 151 Å². The van der Waals surface area contributed by atoms with Crippen LogP contribution in [0.15, 0.2) is 72.8 Å². The molecule has 2 heterocycles. The third-order valence-electron chi connectivity index (χ3n) is 19.0. The van der Waals surface area contributed by atoms with E-state index in [4.69, 9.17) is 4.74 Å². The molecular formula is C73H107IN12O13. The zero-order chi connectivity index (χ0) is 73.9. The monoisotopic (exact) mass is 1490 g/mol. The van der Waals surface area contributed by atoms with Crippen LogP contribution in [0.4, 0.5) is 0 Å². The molecule has 0 spiro atoms. The molecule has 99 heavy (non-hydrogen) atoms. The lowest BCUT2D eigenvalue weighted by atomic mass is 9.95. The largest absolute Gasteiger partial charge is 0.497 e. The van der Waals surface area contributed by atoms with Crippen molar-refractivity contribution in [2.45, 2.75) is 174 Å². The SMILES string of the molecule is CC[C@H](C)[C@@H]1NC(=O)[C@H](CC(C)C)N(C)C(=O)CC(C(=O)N2CCCCC2)N(C)C(=O)[C@H](CC(C)C)NC(=O)C(C)(C)N(C)C(=O)[C@H](Cc2ccc(OC)cc2)NC(=O)[C@H](Cc2cccc(I)c2)NC(=O)CN(C)C(=O)[C@H](Cc2ccc(C)cc2)N(C)C(=O)CN(C)C(=O)CN(C)C1=O. The Hall–Kier alpha value is -8.17. The molecule has 2 aliphatic rings. The van der Waals surface area contributed by atoms with Crippen LogP contribution in [0, 0.1) is 28.2 Å². The molecule has 544 valence electrons. The number of ether oxygens (including phenoxy) is 1. The highest BCUT2D eigenvalue weighted by atomic mass is 127. The molecule has 0 radical (unpaired) electrons. The Labute approximate surface area is 598 Å². The van der Waals surface area contributed by atoms with Gasteiger partial charge >= 0.3 is 0 Å². The van der Waals surface area contributed by atoms with Crippen LogP contribution in [0.2, 0.25) is 0 Å². The number of carbonyl (C=O) groups is 12. The number of hydrogen-bond donors (Lipinski definition) is 4. The van der Waals surface area contributed by atoms with Crippen LogP contribution >= 0.6 is 22.6 Å². The number of hydrogen-bond acceptors (Lipinski definition) is 13. The molecule has 0 saturated carbocycles. The molecule has 3 aromatic rings. The second-order valence-corrected chi connectivity index (χ2v) is 29.4. The van der Waals surface area contributed by atoms with Crippen LogP contribution < -0.4 is 26.0 Å². The fraction of sp³-hybridized carbons (Fsp3) is 0.589. The van der Waals surface area contributed by atoms with Gasteiger partial charge in [-0.2, -0.15) is 0 Å². The number of likely N-dealkylation sites (N-methyl/N-ethyl adjacent to an activating group) is 7. The zero-order valence-corrected chi connectivity index (χ0v) is 63.2. The van der Waals surface area contributed by atoms with Crippen molar-refractivity contribution < 1.29 is 62.3 Å². The number of amides is 12. The summed E-state index contributed by atoms with van der Waals surface area (Å²) in [5.74, 6) is -8.54. The number of carbonyl (C=O) groups excluding carboxylic acids is 12. The first-order valence-corrected chi connectivity index (χ1v) is 35.3. The molecule has 8 atom stereocenters. The van der Waals surface area contributed by atoms with Gasteiger partial charge in [0, 0.05) is 85.3 Å². The maximum absolute atomic E-state index is 15.3. The normalized spacial score (nSPS) is 23.3. The minimum absolute atomic E-state index is 0.00592. The van der Waals surface area contributed by atoms with Crippen LogP contribution in [0.1, 0.15) is 123 Å². The first-order valence-electron chi connectivity index (χ1n) is 34.2. The van der Waals surface area contributed by atoms with E-state index >= 15 is 19.2 Å². The van der Waals surface area contributed by atoms with Gasteiger partial charge in [0.25, 0.3) is 0 Å². The summed E-state index contributed by atoms with van der Waals surface area (Å²) >= 11 is 2.13. The maximum Gasteiger partial charge on any atom is 0.246 e. The Morgan fingerprint density at radius 1 is 0.566 bits per heavy atom. The van der Waals surface area contributed by atoms with Gasteiger partial charge in [-0.25, -0.2) is 0 Å². The van der Waals surface area contributed by atoms with Gasteiger partial charge in [0.2, 0.25) is 70.9 Å². The number of nitrogens with zero attached hydrogens (tertiary/aromatic N) is 8. The number of aryl methyl sites for hydroxylation is 1. The maximum atomic E-state index is 15.3. The summed E-state index contributed by atoms with van der Waals surface area (Å²) in [7, 11) is 11.3. The van der Waals surface area contributed by atoms with Gasteiger partial charge in [0.15, 0.2) is 0 Å². The molecule has 0 aromatic heterocycles. The van der Waals surface area contributed by atoms with Crippen molar-refractivity contribution in [2.75, 3.05) is 89.2 Å². The average Bonchev–Trinajstić information content (AvgIpc) is 0.808. The molecule has 2 aliphatic heterocycles. The van der Waals surface area contributed by atoms with Crippen molar-refractivity contribution in [3.8, 4) is 5.75 Å². The number of rotatable bonds is 14. The first-order chi connectivity index (χ1) is 46.5. The standard InChI is InChI=1S/C73H107IN12O13/c1-18-48(7)64-71(97)81(12)43-62(89)79(10)44-63(90)83(14)58(40-50-27-25-47(6)26-28-50)69(95)80(11)42-60(87)75-54(39-51-23-22-24-52(74)37-51)65(91)76-56(38-49-29-31-53(99-17)32-30-49)68(94)85(16)73(8,9)72(98)77-55(35-45(2)3)67(93)84(15)59(70(96)86-33-20-19-21-34-86)41-61(88)82(13)57(36-46(4)5)66(92)78-64/h22-32,37,45-46,48,54-59,64H,18-21,33-36,38-44H2,1-17H3,(H,75,87)(H,76,91)(H,77,98)(H,78,92)/t48-,54-,55-,56-,57-,58-,59?,64-/m0/s1. The second-order valence-electron chi connectivity index (χ2n) is 28.1. The molecule has 26 heteroatoms. The first kappa shape index (κ1) is 81.5. The van der Waals surface area contributed by atoms with Gasteiger partial charge in [0.1, 0.15) is 53.6 Å². The Balaban J connectivity index is 1.65. The van der Waals surface area contributed by atoms with Crippen LogP contribution in [-0.2, 0) is 76.8 Å². The molecule has 5 rings (SSSR count). The highest BCUT2D eigenvalue weighted by Gasteiger charge is 2.44. The topological polar surface area (TPSA) is 288 Å². The molecule has 3 aromatic carbocycles. The van der Waals surface area contributed by atoms with E-state index in [9.17, 15) is 38.4 Å². The Bertz CT molecular complexity index is 3340. The Morgan fingerprint density at radius 2 is 1.13 bits per heavy atom.